The third kappa shape index (κ3) is 4.38. The lowest BCUT2D eigenvalue weighted by molar-refractivity contribution is 0.101. The van der Waals surface area contributed by atoms with Crippen LogP contribution in [-0.2, 0) is 22.7 Å². The lowest BCUT2D eigenvalue weighted by Crippen LogP contribution is -2.37. The van der Waals surface area contributed by atoms with Gasteiger partial charge in [-0.25, -0.2) is 15.8 Å². The molecule has 3 rings (SSSR count). The van der Waals surface area contributed by atoms with Crippen molar-refractivity contribution < 1.29 is 9.47 Å². The first-order valence-electron chi connectivity index (χ1n) is 7.64. The zero-order valence-corrected chi connectivity index (χ0v) is 12.9. The molecule has 0 spiro atoms. The Labute approximate surface area is 135 Å². The third-order valence-corrected chi connectivity index (χ3v) is 3.58. The molecule has 0 bridgehead atoms. The summed E-state index contributed by atoms with van der Waals surface area (Å²) in [6.07, 6.45) is 0. The number of aromatic nitrogens is 2. The molecule has 1 saturated heterocycles. The summed E-state index contributed by atoms with van der Waals surface area (Å²) in [6, 6.07) is 11.9. The summed E-state index contributed by atoms with van der Waals surface area (Å²) in [5.41, 5.74) is 3.71. The van der Waals surface area contributed by atoms with Crippen LogP contribution in [0.4, 0.5) is 11.6 Å². The predicted molar refractivity (Wildman–Crippen MR) is 87.8 cm³/mol. The number of morpholine rings is 1. The summed E-state index contributed by atoms with van der Waals surface area (Å²) in [7, 11) is 0. The van der Waals surface area contributed by atoms with E-state index in [0.717, 1.165) is 24.5 Å². The van der Waals surface area contributed by atoms with Gasteiger partial charge in [-0.15, -0.1) is 0 Å². The highest BCUT2D eigenvalue weighted by atomic mass is 16.5. The Bertz CT molecular complexity index is 617. The Kier molecular flexibility index (Phi) is 5.36. The Morgan fingerprint density at radius 3 is 2.65 bits per heavy atom. The van der Waals surface area contributed by atoms with Gasteiger partial charge in [0.2, 0.25) is 0 Å². The molecule has 1 aliphatic heterocycles. The molecule has 7 nitrogen and oxygen atoms in total. The minimum Gasteiger partial charge on any atom is -0.378 e. The molecule has 1 aromatic carbocycles. The predicted octanol–water partition coefficient (Wildman–Crippen LogP) is 1.32. The molecular weight excluding hydrogens is 294 g/mol. The largest absolute Gasteiger partial charge is 0.378 e. The molecule has 23 heavy (non-hydrogen) atoms. The van der Waals surface area contributed by atoms with Crippen molar-refractivity contribution in [2.75, 3.05) is 36.6 Å². The fourth-order valence-corrected chi connectivity index (χ4v) is 2.41. The van der Waals surface area contributed by atoms with Crippen LogP contribution in [0.2, 0.25) is 0 Å². The number of hydrazine groups is 1. The van der Waals surface area contributed by atoms with Crippen molar-refractivity contribution in [3.8, 4) is 0 Å². The fraction of sp³-hybridized carbons (Fsp3) is 0.375. The third-order valence-electron chi connectivity index (χ3n) is 3.58. The zero-order chi connectivity index (χ0) is 15.9. The molecule has 0 atom stereocenters. The number of hydrogen-bond donors (Lipinski definition) is 2. The maximum atomic E-state index is 5.71. The highest BCUT2D eigenvalue weighted by molar-refractivity contribution is 5.49. The van der Waals surface area contributed by atoms with E-state index in [9.17, 15) is 0 Å². The lowest BCUT2D eigenvalue weighted by atomic mass is 10.2. The Hall–Kier alpha value is -2.22. The van der Waals surface area contributed by atoms with Crippen molar-refractivity contribution in [1.82, 2.24) is 9.97 Å². The maximum Gasteiger partial charge on any atom is 0.158 e. The van der Waals surface area contributed by atoms with E-state index in [1.54, 1.807) is 0 Å². The van der Waals surface area contributed by atoms with Crippen molar-refractivity contribution in [2.45, 2.75) is 13.2 Å². The van der Waals surface area contributed by atoms with Crippen LogP contribution in [0, 0.1) is 0 Å². The van der Waals surface area contributed by atoms with E-state index in [1.807, 2.05) is 36.4 Å². The van der Waals surface area contributed by atoms with Crippen LogP contribution in [0.15, 0.2) is 36.4 Å². The van der Waals surface area contributed by atoms with Crippen molar-refractivity contribution in [3.05, 3.63) is 47.8 Å². The molecule has 0 saturated carbocycles. The van der Waals surface area contributed by atoms with E-state index in [4.69, 9.17) is 15.3 Å². The van der Waals surface area contributed by atoms with Gasteiger partial charge in [-0.3, -0.25) is 0 Å². The molecule has 0 aliphatic carbocycles. The standard InChI is InChI=1S/C16H21N5O2/c17-20-14-10-16(21-6-8-22-9-7-21)19-15(18-14)12-23-11-13-4-2-1-3-5-13/h1-5,10H,6-9,11-12,17H2,(H,18,19,20). The van der Waals surface area contributed by atoms with Crippen LogP contribution in [0.1, 0.15) is 11.4 Å². The van der Waals surface area contributed by atoms with Gasteiger partial charge in [0.15, 0.2) is 5.82 Å². The monoisotopic (exact) mass is 315 g/mol. The van der Waals surface area contributed by atoms with Crippen LogP contribution in [-0.4, -0.2) is 36.3 Å². The number of benzene rings is 1. The highest BCUT2D eigenvalue weighted by Crippen LogP contribution is 2.17. The smallest absolute Gasteiger partial charge is 0.158 e. The summed E-state index contributed by atoms with van der Waals surface area (Å²) in [6.45, 7) is 3.89. The summed E-state index contributed by atoms with van der Waals surface area (Å²) >= 11 is 0. The van der Waals surface area contributed by atoms with Crippen molar-refractivity contribution in [1.29, 1.82) is 0 Å². The first kappa shape index (κ1) is 15.7. The summed E-state index contributed by atoms with van der Waals surface area (Å²) in [5, 5.41) is 0. The highest BCUT2D eigenvalue weighted by Gasteiger charge is 2.14. The second-order valence-corrected chi connectivity index (χ2v) is 5.25. The molecule has 7 heteroatoms. The summed E-state index contributed by atoms with van der Waals surface area (Å²) in [4.78, 5) is 11.1. The van der Waals surface area contributed by atoms with Gasteiger partial charge in [-0.2, -0.15) is 0 Å². The quantitative estimate of drug-likeness (QED) is 0.614. The van der Waals surface area contributed by atoms with Crippen molar-refractivity contribution in [2.24, 2.45) is 5.84 Å². The van der Waals surface area contributed by atoms with Gasteiger partial charge in [-0.1, -0.05) is 30.3 Å². The molecule has 0 amide bonds. The van der Waals surface area contributed by atoms with E-state index < -0.39 is 0 Å². The molecular formula is C16H21N5O2. The van der Waals surface area contributed by atoms with Crippen LogP contribution in [0.25, 0.3) is 0 Å². The molecule has 0 radical (unpaired) electrons. The minimum atomic E-state index is 0.335. The van der Waals surface area contributed by atoms with Crippen molar-refractivity contribution >= 4 is 11.6 Å². The lowest BCUT2D eigenvalue weighted by Gasteiger charge is -2.28. The van der Waals surface area contributed by atoms with Crippen LogP contribution in [0.5, 0.6) is 0 Å². The molecule has 0 unspecified atom stereocenters. The molecule has 1 aliphatic rings. The van der Waals surface area contributed by atoms with Crippen LogP contribution >= 0.6 is 0 Å². The number of anilines is 2. The van der Waals surface area contributed by atoms with Gasteiger partial charge in [0.1, 0.15) is 18.2 Å². The Morgan fingerprint density at radius 2 is 1.91 bits per heavy atom. The van der Waals surface area contributed by atoms with Gasteiger partial charge < -0.3 is 19.8 Å². The number of nitrogens with two attached hydrogens (primary N) is 1. The number of ether oxygens (including phenoxy) is 2. The zero-order valence-electron chi connectivity index (χ0n) is 12.9. The number of nitrogens with zero attached hydrogens (tertiary/aromatic N) is 3. The second-order valence-electron chi connectivity index (χ2n) is 5.25. The Morgan fingerprint density at radius 1 is 1.13 bits per heavy atom. The average molecular weight is 315 g/mol. The topological polar surface area (TPSA) is 85.5 Å². The first-order chi connectivity index (χ1) is 11.3. The minimum absolute atomic E-state index is 0.335. The van der Waals surface area contributed by atoms with Gasteiger partial charge in [0.05, 0.1) is 19.8 Å². The van der Waals surface area contributed by atoms with E-state index in [2.05, 4.69) is 20.3 Å². The number of rotatable bonds is 6. The van der Waals surface area contributed by atoms with Crippen LogP contribution in [0.3, 0.4) is 0 Å². The maximum absolute atomic E-state index is 5.71. The van der Waals surface area contributed by atoms with Gasteiger partial charge >= 0.3 is 0 Å². The van der Waals surface area contributed by atoms with E-state index in [0.29, 0.717) is 38.1 Å². The number of nitrogens with one attached hydrogen (secondary N) is 1. The molecule has 2 heterocycles. The average Bonchev–Trinajstić information content (AvgIpc) is 2.63. The Balaban J connectivity index is 1.65. The van der Waals surface area contributed by atoms with Gasteiger partial charge in [0, 0.05) is 19.2 Å². The van der Waals surface area contributed by atoms with Gasteiger partial charge in [0.25, 0.3) is 0 Å². The molecule has 1 fully saturated rings. The van der Waals surface area contributed by atoms with E-state index in [1.165, 1.54) is 0 Å². The summed E-state index contributed by atoms with van der Waals surface area (Å²) in [5.74, 6) is 7.55. The normalized spacial score (nSPS) is 14.7. The fourth-order valence-electron chi connectivity index (χ4n) is 2.41. The second kappa shape index (κ2) is 7.87. The molecule has 1 aromatic heterocycles. The summed E-state index contributed by atoms with van der Waals surface area (Å²) < 4.78 is 11.1. The van der Waals surface area contributed by atoms with Crippen LogP contribution < -0.4 is 16.2 Å². The molecule has 2 aromatic rings. The van der Waals surface area contributed by atoms with Gasteiger partial charge in [-0.05, 0) is 5.56 Å². The molecule has 3 N–H and O–H groups in total. The number of hydrogen-bond acceptors (Lipinski definition) is 7. The SMILES string of the molecule is NNc1cc(N2CCOCC2)nc(COCc2ccccc2)n1. The van der Waals surface area contributed by atoms with E-state index >= 15 is 0 Å². The van der Waals surface area contributed by atoms with Crippen molar-refractivity contribution in [3.63, 3.8) is 0 Å². The number of nitrogen functional groups attached to an aromatic ring is 1. The van der Waals surface area contributed by atoms with E-state index in [-0.39, 0.29) is 0 Å². The molecule has 122 valence electrons. The first-order valence-corrected chi connectivity index (χ1v) is 7.64.